The molecule has 0 aliphatic rings. The van der Waals surface area contributed by atoms with Crippen LogP contribution in [0.15, 0.2) is 122 Å². The van der Waals surface area contributed by atoms with Crippen LogP contribution in [0.3, 0.4) is 0 Å². The van der Waals surface area contributed by atoms with E-state index in [1.807, 2.05) is 129 Å². The van der Waals surface area contributed by atoms with E-state index in [1.165, 1.54) is 6.33 Å². The molecule has 16 nitrogen and oxygen atoms in total. The van der Waals surface area contributed by atoms with Crippen LogP contribution in [0.1, 0.15) is 34.2 Å². The average Bonchev–Trinajstić information content (AvgIpc) is 4.14. The summed E-state index contributed by atoms with van der Waals surface area (Å²) in [6, 6.07) is 37.8. The first-order valence-electron chi connectivity index (χ1n) is 20.5. The van der Waals surface area contributed by atoms with Gasteiger partial charge in [-0.1, -0.05) is 24.3 Å². The van der Waals surface area contributed by atoms with Crippen molar-refractivity contribution in [3.63, 3.8) is 0 Å². The van der Waals surface area contributed by atoms with Gasteiger partial charge < -0.3 is 20.6 Å². The minimum absolute atomic E-state index is 0.158. The molecule has 0 saturated heterocycles. The summed E-state index contributed by atoms with van der Waals surface area (Å²) >= 11 is 0. The van der Waals surface area contributed by atoms with Crippen molar-refractivity contribution in [3.05, 3.63) is 156 Å². The molecule has 4 N–H and O–H groups in total. The first kappa shape index (κ1) is 39.1. The van der Waals surface area contributed by atoms with Gasteiger partial charge >= 0.3 is 0 Å². The predicted octanol–water partition coefficient (Wildman–Crippen LogP) is 8.32. The number of nitrogens with one attached hydrogen (secondary N) is 4. The number of nitriles is 2. The lowest BCUT2D eigenvalue weighted by atomic mass is 10.0. The van der Waals surface area contributed by atoms with E-state index in [0.29, 0.717) is 36.8 Å². The fraction of sp³-hybridized carbons (Fsp3) is 0.125. The zero-order valence-corrected chi connectivity index (χ0v) is 34.7. The molecular formula is C48H38N16. The number of anilines is 2. The molecule has 0 spiro atoms. The quantitative estimate of drug-likeness (QED) is 0.0863. The van der Waals surface area contributed by atoms with E-state index in [-0.39, 0.29) is 6.42 Å². The van der Waals surface area contributed by atoms with Crippen LogP contribution >= 0.6 is 0 Å². The Labute approximate surface area is 366 Å². The number of aromatic amines is 2. The zero-order valence-electron chi connectivity index (χ0n) is 34.7. The van der Waals surface area contributed by atoms with Crippen LogP contribution in [-0.4, -0.2) is 59.1 Å². The fourth-order valence-electron chi connectivity index (χ4n) is 7.62. The van der Waals surface area contributed by atoms with Gasteiger partial charge in [0.1, 0.15) is 18.0 Å². The van der Waals surface area contributed by atoms with Crippen LogP contribution in [-0.2, 0) is 25.9 Å². The molecule has 0 fully saturated rings. The van der Waals surface area contributed by atoms with Gasteiger partial charge in [-0.05, 0) is 104 Å². The minimum Gasteiger partial charge on any atom is -0.378 e. The minimum atomic E-state index is 0.158. The van der Waals surface area contributed by atoms with Crippen molar-refractivity contribution in [1.82, 2.24) is 59.1 Å². The SMILES string of the molecule is Cc1cccc(-c2[nH]c(CNc3ccc(-c4nc5ccc(-c6nc(CNc7ccc(CC#N)cc7)[nH]c6-c6cccc(C)n6)cn5n4)c(CC#N)c3)nc2-c2ccc3ncnn3c2)n1. The molecule has 310 valence electrons. The molecule has 0 unspecified atom stereocenters. The Hall–Kier alpha value is -9.02. The Morgan fingerprint density at radius 3 is 1.86 bits per heavy atom. The molecule has 0 radical (unpaired) electrons. The van der Waals surface area contributed by atoms with Gasteiger partial charge in [-0.25, -0.2) is 29.0 Å². The number of nitrogens with zero attached hydrogens (tertiary/aromatic N) is 12. The smallest absolute Gasteiger partial charge is 0.182 e. The predicted molar refractivity (Wildman–Crippen MR) is 242 cm³/mol. The Morgan fingerprint density at radius 1 is 0.609 bits per heavy atom. The summed E-state index contributed by atoms with van der Waals surface area (Å²) in [4.78, 5) is 35.8. The molecule has 0 atom stereocenters. The number of hydrogen-bond acceptors (Lipinski definition) is 12. The Morgan fingerprint density at radius 2 is 1.22 bits per heavy atom. The van der Waals surface area contributed by atoms with E-state index < -0.39 is 0 Å². The van der Waals surface area contributed by atoms with Gasteiger partial charge in [-0.2, -0.15) is 15.6 Å². The first-order chi connectivity index (χ1) is 31.4. The van der Waals surface area contributed by atoms with Gasteiger partial charge in [-0.15, -0.1) is 5.10 Å². The molecule has 0 bridgehead atoms. The highest BCUT2D eigenvalue weighted by Crippen LogP contribution is 2.33. The molecule has 0 saturated carbocycles. The second-order valence-electron chi connectivity index (χ2n) is 15.2. The zero-order chi connectivity index (χ0) is 43.6. The van der Waals surface area contributed by atoms with Crippen molar-refractivity contribution in [3.8, 4) is 68.8 Å². The molecule has 0 amide bonds. The lowest BCUT2D eigenvalue weighted by molar-refractivity contribution is 0.960. The number of hydrogen-bond donors (Lipinski definition) is 4. The number of aryl methyl sites for hydroxylation is 2. The molecule has 8 aromatic heterocycles. The van der Waals surface area contributed by atoms with Crippen LogP contribution in [0.5, 0.6) is 0 Å². The van der Waals surface area contributed by atoms with Crippen molar-refractivity contribution in [2.75, 3.05) is 10.6 Å². The number of pyridine rings is 4. The summed E-state index contributed by atoms with van der Waals surface area (Å²) in [5, 5.41) is 35.1. The maximum Gasteiger partial charge on any atom is 0.182 e. The topological polar surface area (TPSA) is 215 Å². The molecule has 10 aromatic rings. The maximum atomic E-state index is 9.91. The Balaban J connectivity index is 0.918. The first-order valence-corrected chi connectivity index (χ1v) is 20.5. The second kappa shape index (κ2) is 16.8. The van der Waals surface area contributed by atoms with Crippen molar-refractivity contribution in [2.45, 2.75) is 39.8 Å². The Bertz CT molecular complexity index is 3410. The summed E-state index contributed by atoms with van der Waals surface area (Å²) in [6.07, 6.45) is 5.87. The van der Waals surface area contributed by atoms with E-state index in [4.69, 9.17) is 35.3 Å². The molecule has 64 heavy (non-hydrogen) atoms. The molecule has 0 aliphatic carbocycles. The second-order valence-corrected chi connectivity index (χ2v) is 15.2. The summed E-state index contributed by atoms with van der Waals surface area (Å²) in [7, 11) is 0. The highest BCUT2D eigenvalue weighted by molar-refractivity contribution is 5.79. The van der Waals surface area contributed by atoms with Crippen LogP contribution in [0.4, 0.5) is 11.4 Å². The summed E-state index contributed by atoms with van der Waals surface area (Å²) in [6.45, 7) is 4.74. The summed E-state index contributed by atoms with van der Waals surface area (Å²) < 4.78 is 3.47. The maximum absolute atomic E-state index is 9.91. The lowest BCUT2D eigenvalue weighted by Crippen LogP contribution is -2.02. The molecule has 8 heterocycles. The number of rotatable bonds is 13. The van der Waals surface area contributed by atoms with Crippen LogP contribution in [0.25, 0.3) is 68.0 Å². The van der Waals surface area contributed by atoms with Crippen molar-refractivity contribution in [1.29, 1.82) is 10.5 Å². The highest BCUT2D eigenvalue weighted by atomic mass is 15.3. The number of imidazole rings is 2. The number of aromatic nitrogens is 12. The van der Waals surface area contributed by atoms with E-state index in [1.54, 1.807) is 9.03 Å². The lowest BCUT2D eigenvalue weighted by Gasteiger charge is -2.09. The van der Waals surface area contributed by atoms with E-state index in [9.17, 15) is 5.26 Å². The van der Waals surface area contributed by atoms with E-state index in [2.05, 4.69) is 42.8 Å². The molecule has 16 heteroatoms. The molecule has 10 rings (SSSR count). The van der Waals surface area contributed by atoms with Gasteiger partial charge in [-0.3, -0.25) is 9.97 Å². The van der Waals surface area contributed by atoms with Crippen molar-refractivity contribution >= 4 is 22.7 Å². The molecule has 0 aliphatic heterocycles. The number of H-pyrrole nitrogens is 2. The normalized spacial score (nSPS) is 11.2. The largest absolute Gasteiger partial charge is 0.378 e. The Kier molecular flexibility index (Phi) is 10.3. The van der Waals surface area contributed by atoms with Gasteiger partial charge in [0.25, 0.3) is 0 Å². The van der Waals surface area contributed by atoms with Gasteiger partial charge in [0.2, 0.25) is 0 Å². The molecular weight excluding hydrogens is 801 g/mol. The summed E-state index contributed by atoms with van der Waals surface area (Å²) in [5.74, 6) is 1.93. The molecule has 2 aromatic carbocycles. The third kappa shape index (κ3) is 7.97. The monoisotopic (exact) mass is 838 g/mol. The van der Waals surface area contributed by atoms with Gasteiger partial charge in [0.05, 0.1) is 72.2 Å². The standard InChI is InChI=1S/C48H38N16/c1-29-5-3-7-38(55-29)46-44(33-11-17-42-53-28-54-63(42)26-33)58-41(60-46)25-52-36-15-16-37(32(23-36)20-22-50)48-61-43-18-12-34(27-64(43)62-48)45-47(39-8-4-6-30(2)56-39)59-40(57-45)24-51-35-13-9-31(10-14-35)19-21-49/h3-18,23,26-28,51-52H,19-20,24-25H2,1-2H3,(H,57,59)(H,58,60). The highest BCUT2D eigenvalue weighted by Gasteiger charge is 2.20. The van der Waals surface area contributed by atoms with Crippen LogP contribution in [0, 0.1) is 36.5 Å². The van der Waals surface area contributed by atoms with Crippen molar-refractivity contribution < 1.29 is 0 Å². The number of benzene rings is 2. The number of fused-ring (bicyclic) bond motifs is 2. The van der Waals surface area contributed by atoms with Gasteiger partial charge in [0, 0.05) is 51.8 Å². The van der Waals surface area contributed by atoms with Gasteiger partial charge in [0.15, 0.2) is 17.1 Å². The summed E-state index contributed by atoms with van der Waals surface area (Å²) in [5.41, 5.74) is 13.7. The van der Waals surface area contributed by atoms with Crippen LogP contribution in [0.2, 0.25) is 0 Å². The third-order valence-electron chi connectivity index (χ3n) is 10.7. The third-order valence-corrected chi connectivity index (χ3v) is 10.7. The van der Waals surface area contributed by atoms with E-state index in [0.717, 1.165) is 96.2 Å². The fourth-order valence-corrected chi connectivity index (χ4v) is 7.62. The van der Waals surface area contributed by atoms with Crippen molar-refractivity contribution in [2.24, 2.45) is 0 Å². The average molecular weight is 839 g/mol. The van der Waals surface area contributed by atoms with E-state index >= 15 is 0 Å². The van der Waals surface area contributed by atoms with Crippen LogP contribution < -0.4 is 10.6 Å².